The molecule has 1 radical (unpaired) electrons. The summed E-state index contributed by atoms with van der Waals surface area (Å²) in [6, 6.07) is 13.7. The molecule has 36 heavy (non-hydrogen) atoms. The second-order valence-corrected chi connectivity index (χ2v) is 13.5. The van der Waals surface area contributed by atoms with Crippen LogP contribution in [-0.4, -0.2) is 9.52 Å². The van der Waals surface area contributed by atoms with Crippen molar-refractivity contribution in [1.82, 2.24) is 0 Å². The molecule has 0 aliphatic carbocycles. The van der Waals surface area contributed by atoms with Gasteiger partial charge in [-0.1, -0.05) is 132 Å². The fraction of sp³-hybridized carbons (Fsp3) is 0.688. The molecular weight excluding hydrogens is 575 g/mol. The minimum absolute atomic E-state index is 0. The van der Waals surface area contributed by atoms with Gasteiger partial charge in [0.1, 0.15) is 0 Å². The maximum absolute atomic E-state index is 2.38. The molecule has 2 aromatic carbocycles. The summed E-state index contributed by atoms with van der Waals surface area (Å²) in [5, 5.41) is 0. The number of hydrogen-bond acceptors (Lipinski definition) is 0. The van der Waals surface area contributed by atoms with Gasteiger partial charge in [0.25, 0.3) is 0 Å². The summed E-state index contributed by atoms with van der Waals surface area (Å²) in [5.41, 5.74) is 7.98. The van der Waals surface area contributed by atoms with E-state index in [0.717, 1.165) is 32.4 Å². The van der Waals surface area contributed by atoms with Crippen molar-refractivity contribution >= 4 is 9.52 Å². The van der Waals surface area contributed by atoms with E-state index in [0.29, 0.717) is 11.8 Å². The Hall–Kier alpha value is 0.380. The molecule has 4 unspecified atom stereocenters. The van der Waals surface area contributed by atoms with Gasteiger partial charge in [0.05, 0.1) is 0 Å². The molecule has 207 valence electrons. The molecule has 0 bridgehead atoms. The van der Waals surface area contributed by atoms with Crippen molar-refractivity contribution in [1.29, 1.82) is 0 Å². The Morgan fingerprint density at radius 2 is 0.889 bits per heavy atom. The molecule has 0 fully saturated rings. The van der Waals surface area contributed by atoms with Gasteiger partial charge < -0.3 is 24.8 Å². The molecule has 0 spiro atoms. The molecule has 0 aromatic heterocycles. The Labute approximate surface area is 261 Å². The predicted molar refractivity (Wildman–Crippen MR) is 156 cm³/mol. The molecule has 0 amide bonds. The van der Waals surface area contributed by atoms with Crippen molar-refractivity contribution in [2.45, 2.75) is 144 Å². The minimum atomic E-state index is 0. The molecule has 4 heteroatoms. The van der Waals surface area contributed by atoms with E-state index in [9.17, 15) is 0 Å². The normalized spacial score (nSPS) is 13.5. The van der Waals surface area contributed by atoms with Crippen molar-refractivity contribution in [3.05, 3.63) is 58.7 Å². The van der Waals surface area contributed by atoms with Crippen molar-refractivity contribution in [2.24, 2.45) is 0 Å². The summed E-state index contributed by atoms with van der Waals surface area (Å²) >= 11 is 0. The Kier molecular flexibility index (Phi) is 29.5. The van der Waals surface area contributed by atoms with E-state index < -0.39 is 0 Å². The van der Waals surface area contributed by atoms with E-state index in [2.05, 4.69) is 119 Å². The fourth-order valence-corrected chi connectivity index (χ4v) is 5.26. The van der Waals surface area contributed by atoms with Crippen LogP contribution in [0.3, 0.4) is 0 Å². The van der Waals surface area contributed by atoms with Crippen molar-refractivity contribution < 1.29 is 51.0 Å². The summed E-state index contributed by atoms with van der Waals surface area (Å²) in [6.45, 7) is 27.4. The van der Waals surface area contributed by atoms with Crippen LogP contribution in [0.1, 0.15) is 155 Å². The first-order valence-electron chi connectivity index (χ1n) is 13.9. The Morgan fingerprint density at radius 1 is 0.583 bits per heavy atom. The summed E-state index contributed by atoms with van der Waals surface area (Å²) in [6.07, 6.45) is 5.22. The average molecular weight is 632 g/mol. The molecular formula is C32H57Cl2SiZr. The number of rotatable bonds is 10. The Balaban J connectivity index is -0.000000207. The first-order chi connectivity index (χ1) is 15.5. The van der Waals surface area contributed by atoms with Crippen LogP contribution in [0.25, 0.3) is 0 Å². The monoisotopic (exact) mass is 629 g/mol. The Morgan fingerprint density at radius 3 is 1.08 bits per heavy atom. The third-order valence-electron chi connectivity index (χ3n) is 7.24. The van der Waals surface area contributed by atoms with E-state index in [1.54, 1.807) is 0 Å². The maximum Gasteiger partial charge on any atom is 4.00 e. The molecule has 4 atom stereocenters. The SMILES string of the molecule is CCC(C)[SiH]C(C)CC.CCC(C)c1c[cH-]c(C(C)C)c1.CCC(C)c1c[cH-]c(C(C)C)c1.[Cl-].[Cl-].[Zr+4]. The van der Waals surface area contributed by atoms with Crippen molar-refractivity contribution in [2.75, 3.05) is 0 Å². The third-order valence-corrected chi connectivity index (χ3v) is 9.50. The molecule has 0 aliphatic heterocycles. The van der Waals surface area contributed by atoms with Crippen LogP contribution in [0.2, 0.25) is 11.1 Å². The van der Waals surface area contributed by atoms with Crippen LogP contribution in [-0.2, 0) is 26.2 Å². The summed E-state index contributed by atoms with van der Waals surface area (Å²) in [7, 11) is 0.720. The van der Waals surface area contributed by atoms with Gasteiger partial charge in [-0.25, -0.2) is 12.1 Å². The molecule has 2 aromatic rings. The first-order valence-corrected chi connectivity index (χ1v) is 15.2. The van der Waals surface area contributed by atoms with Crippen LogP contribution in [0, 0.1) is 0 Å². The average Bonchev–Trinajstić information content (AvgIpc) is 3.49. The number of hydrogen-bond donors (Lipinski definition) is 0. The summed E-state index contributed by atoms with van der Waals surface area (Å²) in [5.74, 6) is 2.78. The van der Waals surface area contributed by atoms with E-state index in [4.69, 9.17) is 0 Å². The zero-order valence-corrected chi connectivity index (χ0v) is 30.7. The van der Waals surface area contributed by atoms with E-state index >= 15 is 0 Å². The fourth-order valence-electron chi connectivity index (χ4n) is 3.60. The van der Waals surface area contributed by atoms with Gasteiger partial charge in [0.2, 0.25) is 0 Å². The first kappa shape index (κ1) is 43.4. The van der Waals surface area contributed by atoms with Gasteiger partial charge >= 0.3 is 26.2 Å². The van der Waals surface area contributed by atoms with Crippen LogP contribution >= 0.6 is 0 Å². The molecule has 0 saturated heterocycles. The predicted octanol–water partition coefficient (Wildman–Crippen LogP) is 4.95. The van der Waals surface area contributed by atoms with Gasteiger partial charge in [-0.2, -0.15) is 46.5 Å². The second-order valence-electron chi connectivity index (χ2n) is 10.8. The zero-order chi connectivity index (χ0) is 25.6. The van der Waals surface area contributed by atoms with E-state index in [1.165, 1.54) is 47.9 Å². The standard InChI is InChI=1S/2C12H19.C8H19Si.2ClH.Zr/c2*1-5-10(4)12-7-6-11(8-12)9(2)3;1-5-7(3)9-8(4)6-2;;;/h2*6-10H,5H2,1-4H3;7-9H,5-6H2,1-4H3;2*1H;/q2*-1;;;;+4/p-2. The second kappa shape index (κ2) is 24.4. The molecule has 0 nitrogen and oxygen atoms in total. The maximum atomic E-state index is 2.38. The molecule has 2 rings (SSSR count). The van der Waals surface area contributed by atoms with Gasteiger partial charge in [0.15, 0.2) is 0 Å². The van der Waals surface area contributed by atoms with Crippen LogP contribution < -0.4 is 24.8 Å². The molecule has 0 aliphatic rings. The minimum Gasteiger partial charge on any atom is -1.00 e. The number of halogens is 2. The largest absolute Gasteiger partial charge is 4.00 e. The summed E-state index contributed by atoms with van der Waals surface area (Å²) in [4.78, 5) is 0. The van der Waals surface area contributed by atoms with E-state index in [-0.39, 0.29) is 51.0 Å². The molecule has 0 saturated carbocycles. The van der Waals surface area contributed by atoms with E-state index in [1.807, 2.05) is 0 Å². The summed E-state index contributed by atoms with van der Waals surface area (Å²) < 4.78 is 0. The molecule has 0 N–H and O–H groups in total. The molecule has 0 heterocycles. The van der Waals surface area contributed by atoms with Crippen molar-refractivity contribution in [3.63, 3.8) is 0 Å². The topological polar surface area (TPSA) is 0 Å². The smallest absolute Gasteiger partial charge is 1.00 e. The van der Waals surface area contributed by atoms with Crippen molar-refractivity contribution in [3.8, 4) is 0 Å². The van der Waals surface area contributed by atoms with Crippen LogP contribution in [0.4, 0.5) is 0 Å². The van der Waals surface area contributed by atoms with Crippen LogP contribution in [0.5, 0.6) is 0 Å². The third kappa shape index (κ3) is 17.8. The van der Waals surface area contributed by atoms with Gasteiger partial charge in [-0.15, -0.1) is 0 Å². The Bertz CT molecular complexity index is 659. The van der Waals surface area contributed by atoms with Gasteiger partial charge in [-0.05, 0) is 11.8 Å². The van der Waals surface area contributed by atoms with Gasteiger partial charge in [0, 0.05) is 9.52 Å². The quantitative estimate of drug-likeness (QED) is 0.257. The van der Waals surface area contributed by atoms with Crippen LogP contribution in [0.15, 0.2) is 36.4 Å². The van der Waals surface area contributed by atoms with Gasteiger partial charge in [-0.3, -0.25) is 0 Å². The zero-order valence-electron chi connectivity index (χ0n) is 25.6.